The lowest BCUT2D eigenvalue weighted by atomic mass is 9.86. The maximum Gasteiger partial charge on any atom is 0.248 e. The lowest BCUT2D eigenvalue weighted by Gasteiger charge is -2.17. The first-order chi connectivity index (χ1) is 26.7. The van der Waals surface area contributed by atoms with Gasteiger partial charge in [0.05, 0.1) is 0 Å². The highest BCUT2D eigenvalue weighted by Gasteiger charge is 2.20. The third kappa shape index (κ3) is 5.82. The topological polar surface area (TPSA) is 77.8 Å². The van der Waals surface area contributed by atoms with Crippen molar-refractivity contribution in [1.29, 1.82) is 0 Å². The largest absolute Gasteiger partial charge is 0.416 e. The Kier molecular flexibility index (Phi) is 7.69. The van der Waals surface area contributed by atoms with Gasteiger partial charge < -0.3 is 8.83 Å². The standard InChI is InChI=1S/C48H30N4O2/c1-3-13-33(14-4-1)45-49-51-47(53-45)39-23-25-41(43(29-39)37-21-19-31-11-7-9-17-35(31)27-37)42-26-24-40(48-52-50-46(54-48)34-15-5-2-6-16-34)30-44(42)38-22-20-32-12-8-10-18-36(32)28-38/h1-30H. The van der Waals surface area contributed by atoms with Crippen LogP contribution in [-0.4, -0.2) is 20.4 Å². The normalized spacial score (nSPS) is 11.3. The van der Waals surface area contributed by atoms with Gasteiger partial charge in [0, 0.05) is 22.3 Å². The van der Waals surface area contributed by atoms with Crippen LogP contribution in [0.25, 0.3) is 101 Å². The molecule has 0 saturated carbocycles. The van der Waals surface area contributed by atoms with Crippen molar-refractivity contribution in [3.8, 4) is 79.2 Å². The molecule has 10 rings (SSSR count). The fourth-order valence-electron chi connectivity index (χ4n) is 7.09. The molecule has 0 aliphatic carbocycles. The maximum atomic E-state index is 6.25. The number of fused-ring (bicyclic) bond motifs is 2. The summed E-state index contributed by atoms with van der Waals surface area (Å²) in [5.41, 5.74) is 9.76. The van der Waals surface area contributed by atoms with E-state index in [1.165, 1.54) is 10.8 Å². The third-order valence-electron chi connectivity index (χ3n) is 9.84. The molecule has 2 heterocycles. The van der Waals surface area contributed by atoms with Crippen LogP contribution in [0.1, 0.15) is 0 Å². The Bertz CT molecular complexity index is 2750. The van der Waals surface area contributed by atoms with Crippen molar-refractivity contribution >= 4 is 21.5 Å². The van der Waals surface area contributed by atoms with Crippen LogP contribution < -0.4 is 0 Å². The molecule has 0 atom stereocenters. The van der Waals surface area contributed by atoms with Crippen LogP contribution >= 0.6 is 0 Å². The second-order valence-electron chi connectivity index (χ2n) is 13.2. The fourth-order valence-corrected chi connectivity index (χ4v) is 7.09. The lowest BCUT2D eigenvalue weighted by Crippen LogP contribution is -1.92. The summed E-state index contributed by atoms with van der Waals surface area (Å²) < 4.78 is 12.5. The first-order valence-corrected chi connectivity index (χ1v) is 17.8. The van der Waals surface area contributed by atoms with E-state index >= 15 is 0 Å². The highest BCUT2D eigenvalue weighted by Crippen LogP contribution is 2.43. The van der Waals surface area contributed by atoms with Crippen molar-refractivity contribution in [1.82, 2.24) is 20.4 Å². The van der Waals surface area contributed by atoms with Crippen molar-refractivity contribution in [2.45, 2.75) is 0 Å². The predicted molar refractivity (Wildman–Crippen MR) is 215 cm³/mol. The Morgan fingerprint density at radius 3 is 1.02 bits per heavy atom. The van der Waals surface area contributed by atoms with Gasteiger partial charge >= 0.3 is 0 Å². The molecule has 8 aromatic carbocycles. The molecule has 0 amide bonds. The molecule has 254 valence electrons. The lowest BCUT2D eigenvalue weighted by molar-refractivity contribution is 0.584. The van der Waals surface area contributed by atoms with Gasteiger partial charge in [-0.05, 0) is 116 Å². The summed E-state index contributed by atoms with van der Waals surface area (Å²) in [5.74, 6) is 1.87. The summed E-state index contributed by atoms with van der Waals surface area (Å²) in [6, 6.07) is 62.5. The van der Waals surface area contributed by atoms with Gasteiger partial charge in [0.15, 0.2) is 0 Å². The number of hydrogen-bond donors (Lipinski definition) is 0. The second-order valence-corrected chi connectivity index (χ2v) is 13.2. The molecule has 0 saturated heterocycles. The van der Waals surface area contributed by atoms with Gasteiger partial charge in [0.2, 0.25) is 23.6 Å². The van der Waals surface area contributed by atoms with Crippen molar-refractivity contribution in [3.63, 3.8) is 0 Å². The molecule has 0 aliphatic rings. The van der Waals surface area contributed by atoms with E-state index in [0.717, 1.165) is 66.4 Å². The van der Waals surface area contributed by atoms with E-state index in [1.54, 1.807) is 0 Å². The van der Waals surface area contributed by atoms with Crippen LogP contribution in [0, 0.1) is 0 Å². The minimum Gasteiger partial charge on any atom is -0.416 e. The van der Waals surface area contributed by atoms with Gasteiger partial charge in [-0.2, -0.15) is 0 Å². The quantitative estimate of drug-likeness (QED) is 0.165. The van der Waals surface area contributed by atoms with Crippen LogP contribution in [0.4, 0.5) is 0 Å². The summed E-state index contributed by atoms with van der Waals surface area (Å²) in [7, 11) is 0. The van der Waals surface area contributed by atoms with Crippen molar-refractivity contribution < 1.29 is 8.83 Å². The molecule has 0 bridgehead atoms. The minimum atomic E-state index is 0.457. The van der Waals surface area contributed by atoms with E-state index in [9.17, 15) is 0 Å². The molecule has 2 aromatic heterocycles. The van der Waals surface area contributed by atoms with Crippen molar-refractivity contribution in [3.05, 3.63) is 182 Å². The number of aromatic nitrogens is 4. The summed E-state index contributed by atoms with van der Waals surface area (Å²) in [6.07, 6.45) is 0. The Balaban J connectivity index is 1.16. The molecule has 0 unspecified atom stereocenters. The fraction of sp³-hybridized carbons (Fsp3) is 0. The van der Waals surface area contributed by atoms with E-state index in [0.29, 0.717) is 23.6 Å². The van der Waals surface area contributed by atoms with E-state index in [2.05, 4.69) is 142 Å². The smallest absolute Gasteiger partial charge is 0.248 e. The van der Waals surface area contributed by atoms with Crippen molar-refractivity contribution in [2.75, 3.05) is 0 Å². The molecule has 54 heavy (non-hydrogen) atoms. The highest BCUT2D eigenvalue weighted by atomic mass is 16.4. The number of hydrogen-bond acceptors (Lipinski definition) is 6. The molecule has 10 aromatic rings. The van der Waals surface area contributed by atoms with E-state index < -0.39 is 0 Å². The second kappa shape index (κ2) is 13.3. The number of benzene rings is 8. The molecule has 6 heteroatoms. The first kappa shape index (κ1) is 31.3. The molecule has 0 fully saturated rings. The van der Waals surface area contributed by atoms with Gasteiger partial charge in [-0.1, -0.05) is 121 Å². The molecular formula is C48H30N4O2. The molecule has 6 nitrogen and oxygen atoms in total. The monoisotopic (exact) mass is 694 g/mol. The van der Waals surface area contributed by atoms with Crippen molar-refractivity contribution in [2.24, 2.45) is 0 Å². The maximum absolute atomic E-state index is 6.25. The summed E-state index contributed by atoms with van der Waals surface area (Å²) in [5, 5.41) is 22.4. The Hall–Kier alpha value is -7.44. The minimum absolute atomic E-state index is 0.457. The SMILES string of the molecule is c1ccc(-c2nnc(-c3ccc(-c4ccc(-c5nnc(-c6ccccc6)o5)cc4-c4ccc5ccccc5c4)c(-c4ccc5ccccc5c4)c3)o2)cc1. The third-order valence-corrected chi connectivity index (χ3v) is 9.84. The number of nitrogens with zero attached hydrogens (tertiary/aromatic N) is 4. The summed E-state index contributed by atoms with van der Waals surface area (Å²) in [4.78, 5) is 0. The first-order valence-electron chi connectivity index (χ1n) is 17.8. The van der Waals surface area contributed by atoms with Gasteiger partial charge in [-0.15, -0.1) is 20.4 Å². The van der Waals surface area contributed by atoms with Crippen LogP contribution in [0.15, 0.2) is 191 Å². The molecule has 0 radical (unpaired) electrons. The van der Waals surface area contributed by atoms with Gasteiger partial charge in [0.25, 0.3) is 0 Å². The average Bonchev–Trinajstić information content (AvgIpc) is 3.96. The van der Waals surface area contributed by atoms with E-state index in [4.69, 9.17) is 8.83 Å². The predicted octanol–water partition coefficient (Wildman–Crippen LogP) is 12.4. The van der Waals surface area contributed by atoms with E-state index in [-0.39, 0.29) is 0 Å². The van der Waals surface area contributed by atoms with Crippen LogP contribution in [0.2, 0.25) is 0 Å². The Morgan fingerprint density at radius 1 is 0.241 bits per heavy atom. The molecule has 0 spiro atoms. The van der Waals surface area contributed by atoms with Gasteiger partial charge in [0.1, 0.15) is 0 Å². The molecule has 0 N–H and O–H groups in total. The highest BCUT2D eigenvalue weighted by molar-refractivity contribution is 5.98. The summed E-state index contributed by atoms with van der Waals surface area (Å²) >= 11 is 0. The van der Waals surface area contributed by atoms with Gasteiger partial charge in [-0.25, -0.2) is 0 Å². The zero-order chi connectivity index (χ0) is 35.8. The molecule has 0 aliphatic heterocycles. The van der Waals surface area contributed by atoms with Crippen LogP contribution in [0.5, 0.6) is 0 Å². The van der Waals surface area contributed by atoms with Crippen LogP contribution in [-0.2, 0) is 0 Å². The van der Waals surface area contributed by atoms with E-state index in [1.807, 2.05) is 60.7 Å². The molecular weight excluding hydrogens is 665 g/mol. The summed E-state index contributed by atoms with van der Waals surface area (Å²) in [6.45, 7) is 0. The number of rotatable bonds is 7. The zero-order valence-corrected chi connectivity index (χ0v) is 28.9. The Morgan fingerprint density at radius 2 is 0.593 bits per heavy atom. The van der Waals surface area contributed by atoms with Crippen LogP contribution in [0.3, 0.4) is 0 Å². The van der Waals surface area contributed by atoms with Gasteiger partial charge in [-0.3, -0.25) is 0 Å². The average molecular weight is 695 g/mol. The zero-order valence-electron chi connectivity index (χ0n) is 28.9. The Labute approximate surface area is 311 Å².